The number of rotatable bonds is 4. The number of aromatic nitrogens is 1. The quantitative estimate of drug-likeness (QED) is 0.488. The fourth-order valence-corrected chi connectivity index (χ4v) is 5.54. The van der Waals surface area contributed by atoms with E-state index in [1.165, 1.54) is 19.1 Å². The van der Waals surface area contributed by atoms with Crippen LogP contribution in [0, 0.1) is 19.8 Å². The Hall–Kier alpha value is -3.06. The summed E-state index contributed by atoms with van der Waals surface area (Å²) in [4.78, 5) is 15.8. The number of nitrogens with one attached hydrogen (secondary N) is 1. The number of hydrogen-bond donors (Lipinski definition) is 1. The number of benzene rings is 2. The van der Waals surface area contributed by atoms with Gasteiger partial charge >= 0.3 is 6.18 Å². The summed E-state index contributed by atoms with van der Waals surface area (Å²) in [5.74, 6) is 0.160. The van der Waals surface area contributed by atoms with E-state index >= 15 is 0 Å². The van der Waals surface area contributed by atoms with Gasteiger partial charge in [0.2, 0.25) is 0 Å². The molecule has 3 aliphatic heterocycles. The Labute approximate surface area is 197 Å². The average molecular weight is 468 g/mol. The molecule has 1 amide bonds. The molecule has 1 unspecified atom stereocenters. The molecular formula is C27H28F3N3O. The molecule has 34 heavy (non-hydrogen) atoms. The van der Waals surface area contributed by atoms with Crippen molar-refractivity contribution in [1.82, 2.24) is 9.47 Å². The number of anilines is 1. The maximum atomic E-state index is 13.4. The Bertz CT molecular complexity index is 1210. The molecular weight excluding hydrogens is 439 g/mol. The molecule has 0 saturated carbocycles. The molecule has 0 aliphatic carbocycles. The molecule has 1 aromatic heterocycles. The van der Waals surface area contributed by atoms with Gasteiger partial charge in [-0.05, 0) is 75.0 Å². The maximum Gasteiger partial charge on any atom is 0.416 e. The first-order chi connectivity index (χ1) is 16.2. The molecule has 0 radical (unpaired) electrons. The Morgan fingerprint density at radius 3 is 2.32 bits per heavy atom. The van der Waals surface area contributed by atoms with Gasteiger partial charge in [-0.25, -0.2) is 0 Å². The van der Waals surface area contributed by atoms with Crippen molar-refractivity contribution in [2.75, 3.05) is 25.0 Å². The Kier molecular flexibility index (Phi) is 5.76. The molecule has 1 N–H and O–H groups in total. The lowest BCUT2D eigenvalue weighted by Crippen LogP contribution is -2.48. The van der Waals surface area contributed by atoms with E-state index in [-0.39, 0.29) is 17.3 Å². The molecule has 178 valence electrons. The molecule has 3 aliphatic rings. The fraction of sp³-hybridized carbons (Fsp3) is 0.370. The number of aryl methyl sites for hydroxylation is 1. The van der Waals surface area contributed by atoms with Crippen LogP contribution in [0.25, 0.3) is 11.3 Å². The van der Waals surface area contributed by atoms with Gasteiger partial charge in [-0.1, -0.05) is 36.4 Å². The van der Waals surface area contributed by atoms with Gasteiger partial charge in [0, 0.05) is 29.7 Å². The lowest BCUT2D eigenvalue weighted by atomic mass is 9.83. The van der Waals surface area contributed by atoms with Crippen molar-refractivity contribution in [2.24, 2.45) is 5.92 Å². The second kappa shape index (κ2) is 8.62. The number of carbonyl (C=O) groups excluding carboxylic acids is 1. The van der Waals surface area contributed by atoms with Crippen molar-refractivity contribution in [2.45, 2.75) is 38.9 Å². The molecule has 2 bridgehead atoms. The van der Waals surface area contributed by atoms with Gasteiger partial charge in [0.1, 0.15) is 0 Å². The van der Waals surface area contributed by atoms with Crippen molar-refractivity contribution >= 4 is 11.6 Å². The van der Waals surface area contributed by atoms with Crippen molar-refractivity contribution < 1.29 is 18.0 Å². The van der Waals surface area contributed by atoms with E-state index in [9.17, 15) is 18.0 Å². The lowest BCUT2D eigenvalue weighted by molar-refractivity contribution is -0.138. The summed E-state index contributed by atoms with van der Waals surface area (Å²) in [5, 5.41) is 2.70. The van der Waals surface area contributed by atoms with E-state index in [0.717, 1.165) is 55.5 Å². The van der Waals surface area contributed by atoms with Gasteiger partial charge in [-0.3, -0.25) is 4.79 Å². The highest BCUT2D eigenvalue weighted by Gasteiger charge is 2.37. The maximum absolute atomic E-state index is 13.4. The van der Waals surface area contributed by atoms with Gasteiger partial charge in [-0.15, -0.1) is 0 Å². The van der Waals surface area contributed by atoms with Gasteiger partial charge in [0.05, 0.1) is 11.1 Å². The molecule has 4 nitrogen and oxygen atoms in total. The average Bonchev–Trinajstić information content (AvgIpc) is 3.18. The van der Waals surface area contributed by atoms with E-state index in [1.54, 1.807) is 0 Å². The van der Waals surface area contributed by atoms with Gasteiger partial charge < -0.3 is 14.8 Å². The normalized spacial score (nSPS) is 22.1. The number of fused-ring (bicyclic) bond motifs is 3. The van der Waals surface area contributed by atoms with Crippen LogP contribution in [0.5, 0.6) is 0 Å². The smallest absolute Gasteiger partial charge is 0.339 e. The first-order valence-corrected chi connectivity index (χ1v) is 11.7. The third-order valence-corrected chi connectivity index (χ3v) is 7.36. The van der Waals surface area contributed by atoms with Crippen LogP contribution in [-0.4, -0.2) is 35.0 Å². The highest BCUT2D eigenvalue weighted by atomic mass is 19.4. The number of alkyl halides is 3. The fourth-order valence-electron chi connectivity index (χ4n) is 5.54. The number of piperidine rings is 3. The van der Waals surface area contributed by atoms with Crippen LogP contribution in [-0.2, 0) is 6.18 Å². The summed E-state index contributed by atoms with van der Waals surface area (Å²) in [6.45, 7) is 6.54. The van der Waals surface area contributed by atoms with Crippen molar-refractivity contribution in [3.05, 3.63) is 77.0 Å². The zero-order chi connectivity index (χ0) is 24.0. The third-order valence-electron chi connectivity index (χ3n) is 7.36. The van der Waals surface area contributed by atoms with Crippen LogP contribution in [0.4, 0.5) is 18.9 Å². The third kappa shape index (κ3) is 4.13. The van der Waals surface area contributed by atoms with E-state index in [0.29, 0.717) is 11.5 Å². The van der Waals surface area contributed by atoms with Gasteiger partial charge in [0.15, 0.2) is 0 Å². The van der Waals surface area contributed by atoms with Crippen LogP contribution in [0.15, 0.2) is 54.6 Å². The first kappa shape index (κ1) is 22.7. The molecule has 3 fully saturated rings. The van der Waals surface area contributed by atoms with Crippen LogP contribution >= 0.6 is 0 Å². The van der Waals surface area contributed by atoms with Crippen molar-refractivity contribution in [3.63, 3.8) is 0 Å². The van der Waals surface area contributed by atoms with Gasteiger partial charge in [0.25, 0.3) is 5.91 Å². The second-order valence-corrected chi connectivity index (χ2v) is 9.45. The summed E-state index contributed by atoms with van der Waals surface area (Å²) in [7, 11) is 0. The highest BCUT2D eigenvalue weighted by Crippen LogP contribution is 2.41. The Balaban J connectivity index is 1.53. The monoisotopic (exact) mass is 467 g/mol. The molecule has 7 heteroatoms. The molecule has 1 atom stereocenters. The van der Waals surface area contributed by atoms with Crippen LogP contribution in [0.2, 0.25) is 0 Å². The minimum Gasteiger partial charge on any atom is -0.339 e. The Morgan fingerprint density at radius 1 is 1.00 bits per heavy atom. The van der Waals surface area contributed by atoms with Gasteiger partial charge in [-0.2, -0.15) is 13.2 Å². The molecule has 3 saturated heterocycles. The molecule has 6 rings (SSSR count). The van der Waals surface area contributed by atoms with Crippen molar-refractivity contribution in [1.29, 1.82) is 0 Å². The molecule has 4 heterocycles. The summed E-state index contributed by atoms with van der Waals surface area (Å²) in [6, 6.07) is 16.0. The van der Waals surface area contributed by atoms with Crippen LogP contribution in [0.3, 0.4) is 0 Å². The molecule has 2 aromatic carbocycles. The SMILES string of the molecule is Cc1ccc(NC(=O)c2cc(-c3ccccc3)n(C3CN4CCC3CC4)c2C)cc1C(F)(F)F. The summed E-state index contributed by atoms with van der Waals surface area (Å²) in [6.07, 6.45) is -2.19. The summed E-state index contributed by atoms with van der Waals surface area (Å²) in [5.41, 5.74) is 2.86. The molecule has 0 spiro atoms. The van der Waals surface area contributed by atoms with E-state index in [2.05, 4.69) is 14.8 Å². The number of amides is 1. The van der Waals surface area contributed by atoms with E-state index in [1.807, 2.05) is 43.3 Å². The minimum absolute atomic E-state index is 0.126. The molecule has 3 aromatic rings. The topological polar surface area (TPSA) is 37.3 Å². The number of carbonyl (C=O) groups is 1. The zero-order valence-corrected chi connectivity index (χ0v) is 19.3. The first-order valence-electron chi connectivity index (χ1n) is 11.7. The standard InChI is InChI=1S/C27H28F3N3O/c1-17-8-9-21(14-23(17)27(28,29)30)31-26(34)22-15-24(19-6-4-3-5-7-19)33(18(22)2)25-16-32-12-10-20(25)11-13-32/h3-9,14-15,20,25H,10-13,16H2,1-2H3,(H,31,34). The largest absolute Gasteiger partial charge is 0.416 e. The van der Waals surface area contributed by atoms with E-state index in [4.69, 9.17) is 0 Å². The highest BCUT2D eigenvalue weighted by molar-refractivity contribution is 6.06. The minimum atomic E-state index is -4.47. The van der Waals surface area contributed by atoms with Crippen LogP contribution in [0.1, 0.15) is 46.1 Å². The predicted molar refractivity (Wildman–Crippen MR) is 127 cm³/mol. The van der Waals surface area contributed by atoms with E-state index < -0.39 is 17.6 Å². The summed E-state index contributed by atoms with van der Waals surface area (Å²) < 4.78 is 42.4. The number of hydrogen-bond acceptors (Lipinski definition) is 2. The predicted octanol–water partition coefficient (Wildman–Crippen LogP) is 6.31. The van der Waals surface area contributed by atoms with Crippen LogP contribution < -0.4 is 5.32 Å². The second-order valence-electron chi connectivity index (χ2n) is 9.45. The van der Waals surface area contributed by atoms with Crippen molar-refractivity contribution in [3.8, 4) is 11.3 Å². The number of halogens is 3. The Morgan fingerprint density at radius 2 is 1.71 bits per heavy atom. The summed E-state index contributed by atoms with van der Waals surface area (Å²) >= 11 is 0. The zero-order valence-electron chi connectivity index (χ0n) is 19.3. The number of nitrogens with zero attached hydrogens (tertiary/aromatic N) is 2. The lowest BCUT2D eigenvalue weighted by Gasteiger charge is -2.46.